The number of aliphatic hydroxyl groups is 1. The second kappa shape index (κ2) is 4.18. The molecule has 0 radical (unpaired) electrons. The average Bonchev–Trinajstić information content (AvgIpc) is 2.47. The molecule has 1 aromatic heterocycles. The topological polar surface area (TPSA) is 77.0 Å². The lowest BCUT2D eigenvalue weighted by atomic mass is 10.1. The number of nitrogens with two attached hydrogens (primary N) is 1. The molecule has 0 saturated carbocycles. The van der Waals surface area contributed by atoms with Crippen LogP contribution in [-0.2, 0) is 13.5 Å². The maximum absolute atomic E-state index is 8.86. The zero-order valence-electron chi connectivity index (χ0n) is 7.14. The maximum Gasteiger partial charge on any atom is 0.0831 e. The Labute approximate surface area is 71.2 Å². The van der Waals surface area contributed by atoms with Crippen molar-refractivity contribution in [1.29, 1.82) is 0 Å². The first-order chi connectivity index (χ1) is 5.76. The summed E-state index contributed by atoms with van der Waals surface area (Å²) in [4.78, 5) is 0. The molecule has 12 heavy (non-hydrogen) atoms. The van der Waals surface area contributed by atoms with Gasteiger partial charge in [0.15, 0.2) is 0 Å². The second-order valence-corrected chi connectivity index (χ2v) is 2.87. The third-order valence-electron chi connectivity index (χ3n) is 1.74. The van der Waals surface area contributed by atoms with Crippen molar-refractivity contribution < 1.29 is 5.11 Å². The Morgan fingerprint density at radius 3 is 2.92 bits per heavy atom. The van der Waals surface area contributed by atoms with E-state index in [9.17, 15) is 0 Å². The van der Waals surface area contributed by atoms with E-state index in [4.69, 9.17) is 10.8 Å². The van der Waals surface area contributed by atoms with Crippen LogP contribution < -0.4 is 5.73 Å². The third kappa shape index (κ3) is 2.28. The van der Waals surface area contributed by atoms with E-state index in [0.717, 1.165) is 5.69 Å². The predicted molar refractivity (Wildman–Crippen MR) is 44.3 cm³/mol. The summed E-state index contributed by atoms with van der Waals surface area (Å²) in [7, 11) is 1.81. The minimum absolute atomic E-state index is 0.0988. The number of hydrogen-bond donors (Lipinski definition) is 2. The molecular weight excluding hydrogens is 156 g/mol. The van der Waals surface area contributed by atoms with Crippen LogP contribution >= 0.6 is 0 Å². The van der Waals surface area contributed by atoms with E-state index >= 15 is 0 Å². The van der Waals surface area contributed by atoms with Gasteiger partial charge in [-0.3, -0.25) is 4.68 Å². The molecule has 0 aliphatic carbocycles. The van der Waals surface area contributed by atoms with E-state index in [2.05, 4.69) is 10.3 Å². The Bertz CT molecular complexity index is 231. The second-order valence-electron chi connectivity index (χ2n) is 2.87. The van der Waals surface area contributed by atoms with Crippen LogP contribution in [0.2, 0.25) is 0 Å². The molecule has 0 spiro atoms. The minimum atomic E-state index is 0.0988. The van der Waals surface area contributed by atoms with Gasteiger partial charge >= 0.3 is 0 Å². The molecule has 1 rings (SSSR count). The first kappa shape index (κ1) is 9.15. The Morgan fingerprint density at radius 2 is 2.50 bits per heavy atom. The van der Waals surface area contributed by atoms with Gasteiger partial charge in [0, 0.05) is 19.9 Å². The Morgan fingerprint density at radius 1 is 1.75 bits per heavy atom. The molecule has 3 N–H and O–H groups in total. The molecule has 1 aromatic rings. The normalized spacial score (nSPS) is 13.2. The molecule has 68 valence electrons. The van der Waals surface area contributed by atoms with Crippen molar-refractivity contribution in [3.63, 3.8) is 0 Å². The van der Waals surface area contributed by atoms with Gasteiger partial charge in [0.25, 0.3) is 0 Å². The molecule has 1 heterocycles. The summed E-state index contributed by atoms with van der Waals surface area (Å²) in [5, 5.41) is 16.5. The van der Waals surface area contributed by atoms with Gasteiger partial charge in [0.05, 0.1) is 5.69 Å². The number of rotatable bonds is 4. The van der Waals surface area contributed by atoms with Gasteiger partial charge in [-0.2, -0.15) is 0 Å². The van der Waals surface area contributed by atoms with Crippen molar-refractivity contribution >= 4 is 0 Å². The fourth-order valence-electron chi connectivity index (χ4n) is 1.01. The maximum atomic E-state index is 8.86. The first-order valence-electron chi connectivity index (χ1n) is 3.92. The van der Waals surface area contributed by atoms with Gasteiger partial charge in [-0.25, -0.2) is 0 Å². The van der Waals surface area contributed by atoms with Gasteiger partial charge in [0.1, 0.15) is 0 Å². The van der Waals surface area contributed by atoms with E-state index < -0.39 is 0 Å². The van der Waals surface area contributed by atoms with E-state index in [-0.39, 0.29) is 12.5 Å². The van der Waals surface area contributed by atoms with Crippen LogP contribution in [0.25, 0.3) is 0 Å². The molecule has 0 aromatic carbocycles. The predicted octanol–water partition coefficient (Wildman–Crippen LogP) is -1.08. The SMILES string of the molecule is Cn1cc(CC(CN)CO)nn1. The molecule has 5 nitrogen and oxygen atoms in total. The van der Waals surface area contributed by atoms with Gasteiger partial charge < -0.3 is 10.8 Å². The number of aryl methyl sites for hydroxylation is 1. The monoisotopic (exact) mass is 170 g/mol. The molecule has 1 atom stereocenters. The van der Waals surface area contributed by atoms with Gasteiger partial charge in [-0.15, -0.1) is 5.10 Å². The highest BCUT2D eigenvalue weighted by Gasteiger charge is 2.08. The van der Waals surface area contributed by atoms with Crippen LogP contribution in [0.15, 0.2) is 6.20 Å². The summed E-state index contributed by atoms with van der Waals surface area (Å²) in [6, 6.07) is 0. The van der Waals surface area contributed by atoms with Gasteiger partial charge in [0.2, 0.25) is 0 Å². The zero-order chi connectivity index (χ0) is 8.97. The summed E-state index contributed by atoms with van der Waals surface area (Å²) in [5.41, 5.74) is 6.30. The minimum Gasteiger partial charge on any atom is -0.396 e. The first-order valence-corrected chi connectivity index (χ1v) is 3.92. The van der Waals surface area contributed by atoms with Crippen LogP contribution in [0, 0.1) is 5.92 Å². The van der Waals surface area contributed by atoms with Gasteiger partial charge in [-0.05, 0) is 18.9 Å². The molecule has 0 saturated heterocycles. The van der Waals surface area contributed by atoms with Crippen molar-refractivity contribution in [1.82, 2.24) is 15.0 Å². The average molecular weight is 170 g/mol. The highest BCUT2D eigenvalue weighted by Crippen LogP contribution is 2.02. The van der Waals surface area contributed by atoms with E-state index in [1.807, 2.05) is 13.2 Å². The molecule has 0 fully saturated rings. The van der Waals surface area contributed by atoms with Crippen molar-refractivity contribution in [3.05, 3.63) is 11.9 Å². The summed E-state index contributed by atoms with van der Waals surface area (Å²) < 4.78 is 1.64. The van der Waals surface area contributed by atoms with Gasteiger partial charge in [-0.1, -0.05) is 5.21 Å². The standard InChI is InChI=1S/C7H14N4O/c1-11-4-7(9-10-11)2-6(3-8)5-12/h4,6,12H,2-3,5,8H2,1H3. The third-order valence-corrected chi connectivity index (χ3v) is 1.74. The zero-order valence-corrected chi connectivity index (χ0v) is 7.14. The summed E-state index contributed by atoms with van der Waals surface area (Å²) >= 11 is 0. The molecule has 0 aliphatic heterocycles. The highest BCUT2D eigenvalue weighted by molar-refractivity contribution is 4.93. The lowest BCUT2D eigenvalue weighted by molar-refractivity contribution is 0.229. The number of nitrogens with zero attached hydrogens (tertiary/aromatic N) is 3. The van der Waals surface area contributed by atoms with E-state index in [0.29, 0.717) is 13.0 Å². The molecule has 0 aliphatic rings. The van der Waals surface area contributed by atoms with Crippen molar-refractivity contribution in [2.24, 2.45) is 18.7 Å². The van der Waals surface area contributed by atoms with Crippen LogP contribution in [0.4, 0.5) is 0 Å². The summed E-state index contributed by atoms with van der Waals surface area (Å²) in [6.45, 7) is 0.583. The lowest BCUT2D eigenvalue weighted by Gasteiger charge is -2.07. The van der Waals surface area contributed by atoms with Crippen LogP contribution in [0.3, 0.4) is 0 Å². The largest absolute Gasteiger partial charge is 0.396 e. The summed E-state index contributed by atoms with van der Waals surface area (Å²) in [5.74, 6) is 0.0988. The van der Waals surface area contributed by atoms with E-state index in [1.54, 1.807) is 4.68 Å². The fraction of sp³-hybridized carbons (Fsp3) is 0.714. The number of hydrogen-bond acceptors (Lipinski definition) is 4. The quantitative estimate of drug-likeness (QED) is 0.603. The summed E-state index contributed by atoms with van der Waals surface area (Å²) in [6.07, 6.45) is 2.53. The highest BCUT2D eigenvalue weighted by atomic mass is 16.3. The number of aromatic nitrogens is 3. The van der Waals surface area contributed by atoms with Crippen LogP contribution in [0.1, 0.15) is 5.69 Å². The lowest BCUT2D eigenvalue weighted by Crippen LogP contribution is -2.20. The van der Waals surface area contributed by atoms with Crippen LogP contribution in [-0.4, -0.2) is 33.3 Å². The Balaban J connectivity index is 2.50. The molecule has 1 unspecified atom stereocenters. The number of aliphatic hydroxyl groups excluding tert-OH is 1. The van der Waals surface area contributed by atoms with Crippen LogP contribution in [0.5, 0.6) is 0 Å². The van der Waals surface area contributed by atoms with Crippen molar-refractivity contribution in [2.45, 2.75) is 6.42 Å². The molecule has 0 bridgehead atoms. The molecule has 0 amide bonds. The van der Waals surface area contributed by atoms with Crippen molar-refractivity contribution in [2.75, 3.05) is 13.2 Å². The molecular formula is C7H14N4O. The molecule has 5 heteroatoms. The Hall–Kier alpha value is -0.940. The van der Waals surface area contributed by atoms with E-state index in [1.165, 1.54) is 0 Å². The van der Waals surface area contributed by atoms with Crippen molar-refractivity contribution in [3.8, 4) is 0 Å². The Kier molecular flexibility index (Phi) is 3.19. The smallest absolute Gasteiger partial charge is 0.0831 e. The fourth-order valence-corrected chi connectivity index (χ4v) is 1.01.